The van der Waals surface area contributed by atoms with E-state index in [9.17, 15) is 0 Å². The first kappa shape index (κ1) is 34.7. The van der Waals surface area contributed by atoms with E-state index >= 15 is 0 Å². The van der Waals surface area contributed by atoms with Crippen LogP contribution in [0.25, 0.3) is 43.1 Å². The van der Waals surface area contributed by atoms with Crippen LogP contribution in [0.3, 0.4) is 0 Å². The van der Waals surface area contributed by atoms with E-state index in [1.54, 1.807) is 35.5 Å². The third-order valence-electron chi connectivity index (χ3n) is 10.5. The Kier molecular flexibility index (Phi) is 9.58. The molecule has 8 aromatic carbocycles. The van der Waals surface area contributed by atoms with Gasteiger partial charge in [0.15, 0.2) is 0 Å². The molecule has 0 N–H and O–H groups in total. The molecule has 6 heteroatoms. The lowest BCUT2D eigenvalue weighted by Crippen LogP contribution is -2.03. The van der Waals surface area contributed by atoms with Crippen molar-refractivity contribution in [1.82, 2.24) is 0 Å². The Labute approximate surface area is 315 Å². The first-order chi connectivity index (χ1) is 26.5. The van der Waals surface area contributed by atoms with Crippen LogP contribution >= 0.6 is 0 Å². The van der Waals surface area contributed by atoms with Gasteiger partial charge in [0.25, 0.3) is 0 Å². The maximum Gasteiger partial charge on any atom is 0.123 e. The molecule has 0 aliphatic carbocycles. The van der Waals surface area contributed by atoms with Gasteiger partial charge in [0.05, 0.1) is 35.5 Å². The van der Waals surface area contributed by atoms with Crippen LogP contribution in [0.4, 0.5) is 0 Å². The zero-order valence-corrected chi connectivity index (χ0v) is 31.2. The average molecular weight is 715 g/mol. The molecular weight excluding hydrogens is 673 g/mol. The highest BCUT2D eigenvalue weighted by Crippen LogP contribution is 2.40. The molecule has 0 heterocycles. The van der Waals surface area contributed by atoms with Crippen molar-refractivity contribution in [3.8, 4) is 34.5 Å². The first-order valence-corrected chi connectivity index (χ1v) is 18.0. The van der Waals surface area contributed by atoms with E-state index in [1.807, 2.05) is 18.2 Å². The molecule has 0 bridgehead atoms. The van der Waals surface area contributed by atoms with Crippen LogP contribution < -0.4 is 28.4 Å². The Bertz CT molecular complexity index is 2660. The summed E-state index contributed by atoms with van der Waals surface area (Å²) in [5, 5.41) is 8.91. The maximum absolute atomic E-state index is 6.81. The van der Waals surface area contributed by atoms with Crippen LogP contribution in [-0.2, 0) is 19.4 Å². The van der Waals surface area contributed by atoms with Crippen molar-refractivity contribution in [3.05, 3.63) is 155 Å². The average Bonchev–Trinajstić information content (AvgIpc) is 3.23. The number of hydrogen-bond donors (Lipinski definition) is 0. The summed E-state index contributed by atoms with van der Waals surface area (Å²) in [5.74, 6) is 4.87. The summed E-state index contributed by atoms with van der Waals surface area (Å²) in [6.07, 6.45) is 1.21. The van der Waals surface area contributed by atoms with Gasteiger partial charge in [-0.15, -0.1) is 0 Å². The minimum absolute atomic E-state index is 0.368. The smallest absolute Gasteiger partial charge is 0.123 e. The molecule has 0 radical (unpaired) electrons. The zero-order chi connectivity index (χ0) is 37.2. The minimum atomic E-state index is 0.368. The molecule has 0 unspecified atom stereocenters. The molecule has 0 saturated heterocycles. The molecule has 8 aromatic rings. The quantitative estimate of drug-likeness (QED) is 0.126. The van der Waals surface area contributed by atoms with Gasteiger partial charge >= 0.3 is 0 Å². The summed E-state index contributed by atoms with van der Waals surface area (Å²) < 4.78 is 36.0. The third kappa shape index (κ3) is 6.45. The summed E-state index contributed by atoms with van der Waals surface area (Å²) >= 11 is 0. The molecule has 6 nitrogen and oxygen atoms in total. The number of rotatable bonds is 12. The van der Waals surface area contributed by atoms with Gasteiger partial charge in [-0.1, -0.05) is 72.8 Å². The number of methoxy groups -OCH3 is 5. The Hall–Kier alpha value is -6.40. The van der Waals surface area contributed by atoms with Crippen LogP contribution in [0.2, 0.25) is 0 Å². The maximum atomic E-state index is 6.81. The van der Waals surface area contributed by atoms with Crippen molar-refractivity contribution in [2.45, 2.75) is 19.4 Å². The summed E-state index contributed by atoms with van der Waals surface area (Å²) in [5.41, 5.74) is 5.38. The molecule has 0 aliphatic heterocycles. The molecule has 270 valence electrons. The monoisotopic (exact) mass is 714 g/mol. The van der Waals surface area contributed by atoms with Gasteiger partial charge in [0.2, 0.25) is 0 Å². The van der Waals surface area contributed by atoms with E-state index in [0.29, 0.717) is 19.4 Å². The number of benzene rings is 8. The summed E-state index contributed by atoms with van der Waals surface area (Å²) in [4.78, 5) is 0. The highest BCUT2D eigenvalue weighted by molar-refractivity contribution is 5.94. The molecule has 0 aliphatic rings. The highest BCUT2D eigenvalue weighted by Gasteiger charge is 2.19. The molecule has 0 spiro atoms. The number of ether oxygens (including phenoxy) is 6. The van der Waals surface area contributed by atoms with E-state index in [2.05, 4.69) is 109 Å². The zero-order valence-electron chi connectivity index (χ0n) is 31.2. The van der Waals surface area contributed by atoms with Crippen LogP contribution in [0, 0.1) is 0 Å². The van der Waals surface area contributed by atoms with E-state index in [0.717, 1.165) is 100 Å². The van der Waals surface area contributed by atoms with Gasteiger partial charge in [-0.25, -0.2) is 0 Å². The normalized spacial score (nSPS) is 11.3. The Balaban J connectivity index is 1.21. The van der Waals surface area contributed by atoms with Crippen molar-refractivity contribution in [2.75, 3.05) is 35.5 Å². The van der Waals surface area contributed by atoms with Crippen LogP contribution in [0.5, 0.6) is 34.5 Å². The van der Waals surface area contributed by atoms with Crippen molar-refractivity contribution in [1.29, 1.82) is 0 Å². The van der Waals surface area contributed by atoms with Crippen molar-refractivity contribution < 1.29 is 28.4 Å². The van der Waals surface area contributed by atoms with Crippen LogP contribution in [0.15, 0.2) is 127 Å². The second kappa shape index (κ2) is 14.9. The summed E-state index contributed by atoms with van der Waals surface area (Å²) in [6.45, 7) is 0.368. The molecule has 0 fully saturated rings. The predicted octanol–water partition coefficient (Wildman–Crippen LogP) is 11.1. The Morgan fingerprint density at radius 1 is 0.352 bits per heavy atom. The third-order valence-corrected chi connectivity index (χ3v) is 10.5. The number of fused-ring (bicyclic) bond motifs is 4. The second-order valence-electron chi connectivity index (χ2n) is 13.4. The second-order valence-corrected chi connectivity index (χ2v) is 13.4. The van der Waals surface area contributed by atoms with Crippen molar-refractivity contribution in [3.63, 3.8) is 0 Å². The van der Waals surface area contributed by atoms with E-state index in [-0.39, 0.29) is 0 Å². The summed E-state index contributed by atoms with van der Waals surface area (Å²) in [6, 6.07) is 43.9. The minimum Gasteiger partial charge on any atom is -0.497 e. The first-order valence-electron chi connectivity index (χ1n) is 18.0. The largest absolute Gasteiger partial charge is 0.497 e. The van der Waals surface area contributed by atoms with Gasteiger partial charge in [0.1, 0.15) is 41.1 Å². The molecule has 54 heavy (non-hydrogen) atoms. The van der Waals surface area contributed by atoms with Crippen LogP contribution in [-0.4, -0.2) is 35.5 Å². The van der Waals surface area contributed by atoms with Crippen molar-refractivity contribution >= 4 is 43.1 Å². The molecular formula is C48H42O6. The highest BCUT2D eigenvalue weighted by atomic mass is 16.5. The topological polar surface area (TPSA) is 55.4 Å². The van der Waals surface area contributed by atoms with Gasteiger partial charge in [-0.3, -0.25) is 0 Å². The fraction of sp³-hybridized carbons (Fsp3) is 0.167. The van der Waals surface area contributed by atoms with Gasteiger partial charge in [-0.05, 0) is 103 Å². The Morgan fingerprint density at radius 3 is 1.28 bits per heavy atom. The molecule has 0 saturated carbocycles. The van der Waals surface area contributed by atoms with E-state index in [1.165, 1.54) is 5.39 Å². The van der Waals surface area contributed by atoms with Gasteiger partial charge in [0, 0.05) is 35.1 Å². The lowest BCUT2D eigenvalue weighted by Gasteiger charge is -2.19. The van der Waals surface area contributed by atoms with E-state index < -0.39 is 0 Å². The van der Waals surface area contributed by atoms with Gasteiger partial charge in [-0.2, -0.15) is 0 Å². The fourth-order valence-corrected chi connectivity index (χ4v) is 7.70. The molecule has 0 amide bonds. The van der Waals surface area contributed by atoms with Crippen LogP contribution in [0.1, 0.15) is 27.8 Å². The SMILES string of the molecule is COc1ccc2ccc(OC)c(Cc3c(OCc4ccc5ccc(OC)c(Cc6c(OC)ccc7ccccc67)c5c4)ccc4ccc(OC)cc34)c2c1. The number of hydrogen-bond acceptors (Lipinski definition) is 6. The Morgan fingerprint density at radius 2 is 0.759 bits per heavy atom. The lowest BCUT2D eigenvalue weighted by molar-refractivity contribution is 0.304. The molecule has 8 rings (SSSR count). The predicted molar refractivity (Wildman–Crippen MR) is 218 cm³/mol. The van der Waals surface area contributed by atoms with Gasteiger partial charge < -0.3 is 28.4 Å². The van der Waals surface area contributed by atoms with E-state index in [4.69, 9.17) is 28.4 Å². The van der Waals surface area contributed by atoms with Crippen molar-refractivity contribution in [2.24, 2.45) is 0 Å². The molecule has 0 aromatic heterocycles. The molecule has 0 atom stereocenters. The summed E-state index contributed by atoms with van der Waals surface area (Å²) in [7, 11) is 8.56. The standard InChI is InChI=1S/C48H42O6/c1-49-35-18-12-33-16-22-47(53-5)43(39(33)25-35)28-44-40-26-36(50-2)19-13-34(40)17-23-48(44)54-29-30-10-11-32-15-21-46(52-4)42(38(32)24-30)27-41-37-9-7-6-8-31(37)14-20-45(41)51-3/h6-26H,27-29H2,1-5H3. The fourth-order valence-electron chi connectivity index (χ4n) is 7.70. The lowest BCUT2D eigenvalue weighted by atomic mass is 9.92.